The third kappa shape index (κ3) is 4.68. The molecule has 3 nitrogen and oxygen atoms in total. The zero-order valence-corrected chi connectivity index (χ0v) is 11.8. The molecule has 0 aliphatic carbocycles. The van der Waals surface area contributed by atoms with Gasteiger partial charge in [0.05, 0.1) is 6.61 Å². The number of nitrogens with one attached hydrogen (secondary N) is 1. The molecule has 0 heterocycles. The van der Waals surface area contributed by atoms with Gasteiger partial charge in [0.2, 0.25) is 0 Å². The smallest absolute Gasteiger partial charge is 0.119 e. The van der Waals surface area contributed by atoms with Crippen LogP contribution < -0.4 is 10.1 Å². The van der Waals surface area contributed by atoms with Crippen molar-refractivity contribution in [2.24, 2.45) is 0 Å². The number of rotatable bonds is 8. The fourth-order valence-corrected chi connectivity index (χ4v) is 2.01. The van der Waals surface area contributed by atoms with Crippen LogP contribution in [-0.4, -0.2) is 20.3 Å². The lowest BCUT2D eigenvalue weighted by Gasteiger charge is -2.10. The number of hydrogen-bond acceptors (Lipinski definition) is 3. The predicted molar refractivity (Wildman–Crippen MR) is 80.8 cm³/mol. The van der Waals surface area contributed by atoms with Crippen LogP contribution in [0.15, 0.2) is 54.6 Å². The Morgan fingerprint density at radius 3 is 2.35 bits per heavy atom. The first-order chi connectivity index (χ1) is 9.90. The summed E-state index contributed by atoms with van der Waals surface area (Å²) >= 11 is 0. The largest absolute Gasteiger partial charge is 0.492 e. The van der Waals surface area contributed by atoms with Crippen molar-refractivity contribution >= 4 is 0 Å². The zero-order valence-electron chi connectivity index (χ0n) is 11.8. The predicted octanol–water partition coefficient (Wildman–Crippen LogP) is 3.00. The molecule has 3 heteroatoms. The second kappa shape index (κ2) is 8.35. The first-order valence-corrected chi connectivity index (χ1v) is 6.84. The summed E-state index contributed by atoms with van der Waals surface area (Å²) in [5.74, 6) is 0.911. The average molecular weight is 271 g/mol. The van der Waals surface area contributed by atoms with Gasteiger partial charge >= 0.3 is 0 Å². The van der Waals surface area contributed by atoms with E-state index in [1.54, 1.807) is 7.11 Å². The van der Waals surface area contributed by atoms with Gasteiger partial charge in [0.25, 0.3) is 0 Å². The molecule has 0 aliphatic rings. The molecule has 2 rings (SSSR count). The molecule has 0 aliphatic heterocycles. The highest BCUT2D eigenvalue weighted by molar-refractivity contribution is 5.26. The summed E-state index contributed by atoms with van der Waals surface area (Å²) in [6, 6.07) is 18.2. The molecule has 2 aromatic carbocycles. The summed E-state index contributed by atoms with van der Waals surface area (Å²) in [5.41, 5.74) is 2.50. The highest BCUT2D eigenvalue weighted by Crippen LogP contribution is 2.10. The molecule has 0 amide bonds. The maximum atomic E-state index is 5.63. The minimum absolute atomic E-state index is 0.651. The van der Waals surface area contributed by atoms with Crippen molar-refractivity contribution in [1.29, 1.82) is 0 Å². The van der Waals surface area contributed by atoms with Crippen molar-refractivity contribution in [3.8, 4) is 5.75 Å². The van der Waals surface area contributed by atoms with E-state index >= 15 is 0 Å². The Hall–Kier alpha value is -1.84. The van der Waals surface area contributed by atoms with Gasteiger partial charge in [0.15, 0.2) is 0 Å². The van der Waals surface area contributed by atoms with Crippen molar-refractivity contribution in [3.63, 3.8) is 0 Å². The Balaban J connectivity index is 1.71. The van der Waals surface area contributed by atoms with Gasteiger partial charge in [-0.2, -0.15) is 0 Å². The van der Waals surface area contributed by atoms with Crippen molar-refractivity contribution in [2.75, 3.05) is 20.3 Å². The zero-order chi connectivity index (χ0) is 14.0. The van der Waals surface area contributed by atoms with Crippen molar-refractivity contribution < 1.29 is 9.47 Å². The fourth-order valence-electron chi connectivity index (χ4n) is 2.01. The summed E-state index contributed by atoms with van der Waals surface area (Å²) in [7, 11) is 1.72. The third-order valence-corrected chi connectivity index (χ3v) is 3.02. The first-order valence-electron chi connectivity index (χ1n) is 6.84. The van der Waals surface area contributed by atoms with E-state index in [0.29, 0.717) is 13.2 Å². The van der Waals surface area contributed by atoms with Gasteiger partial charge < -0.3 is 14.8 Å². The van der Waals surface area contributed by atoms with E-state index in [9.17, 15) is 0 Å². The quantitative estimate of drug-likeness (QED) is 0.749. The molecule has 0 unspecified atom stereocenters. The van der Waals surface area contributed by atoms with Gasteiger partial charge in [-0.05, 0) is 23.3 Å². The van der Waals surface area contributed by atoms with Crippen LogP contribution in [0, 0.1) is 0 Å². The highest BCUT2D eigenvalue weighted by atomic mass is 16.5. The number of hydrogen-bond donors (Lipinski definition) is 1. The summed E-state index contributed by atoms with van der Waals surface area (Å²) < 4.78 is 10.8. The number of methoxy groups -OCH3 is 1. The standard InChI is InChI=1S/C17H21NO2/c1-19-14-16-8-6-5-7-15(16)13-18-11-12-20-17-9-3-2-4-10-17/h2-10,18H,11-14H2,1H3. The van der Waals surface area contributed by atoms with E-state index in [4.69, 9.17) is 9.47 Å². The van der Waals surface area contributed by atoms with E-state index in [-0.39, 0.29) is 0 Å². The molecule has 0 saturated carbocycles. The lowest BCUT2D eigenvalue weighted by Crippen LogP contribution is -2.21. The Kier molecular flexibility index (Phi) is 6.08. The Bertz CT molecular complexity index is 499. The molecule has 2 aromatic rings. The molecule has 0 spiro atoms. The van der Waals surface area contributed by atoms with E-state index in [1.807, 2.05) is 36.4 Å². The van der Waals surface area contributed by atoms with Gasteiger partial charge in [-0.25, -0.2) is 0 Å². The SMILES string of the molecule is COCc1ccccc1CNCCOc1ccccc1. The average Bonchev–Trinajstić information content (AvgIpc) is 2.50. The second-order valence-electron chi connectivity index (χ2n) is 4.54. The molecule has 0 bridgehead atoms. The molecule has 0 saturated heterocycles. The molecule has 20 heavy (non-hydrogen) atoms. The Morgan fingerprint density at radius 2 is 1.60 bits per heavy atom. The molecule has 0 radical (unpaired) electrons. The van der Waals surface area contributed by atoms with Gasteiger partial charge in [-0.1, -0.05) is 42.5 Å². The van der Waals surface area contributed by atoms with Crippen LogP contribution in [0.4, 0.5) is 0 Å². The van der Waals surface area contributed by atoms with E-state index in [0.717, 1.165) is 18.8 Å². The summed E-state index contributed by atoms with van der Waals surface area (Å²) in [6.45, 7) is 2.96. The van der Waals surface area contributed by atoms with E-state index in [2.05, 4.69) is 23.5 Å². The molecule has 0 aromatic heterocycles. The maximum absolute atomic E-state index is 5.63. The Labute approximate surface area is 120 Å². The topological polar surface area (TPSA) is 30.5 Å². The van der Waals surface area contributed by atoms with E-state index in [1.165, 1.54) is 11.1 Å². The number of para-hydroxylation sites is 1. The van der Waals surface area contributed by atoms with E-state index < -0.39 is 0 Å². The Morgan fingerprint density at radius 1 is 0.900 bits per heavy atom. The van der Waals surface area contributed by atoms with Crippen LogP contribution in [-0.2, 0) is 17.9 Å². The lowest BCUT2D eigenvalue weighted by molar-refractivity contribution is 0.184. The summed E-state index contributed by atoms with van der Waals surface area (Å²) in [6.07, 6.45) is 0. The third-order valence-electron chi connectivity index (χ3n) is 3.02. The normalized spacial score (nSPS) is 10.4. The molecule has 0 atom stereocenters. The minimum atomic E-state index is 0.651. The molecule has 1 N–H and O–H groups in total. The van der Waals surface area contributed by atoms with Crippen molar-refractivity contribution in [2.45, 2.75) is 13.2 Å². The summed E-state index contributed by atoms with van der Waals surface area (Å²) in [4.78, 5) is 0. The minimum Gasteiger partial charge on any atom is -0.492 e. The highest BCUT2D eigenvalue weighted by Gasteiger charge is 2.00. The number of benzene rings is 2. The maximum Gasteiger partial charge on any atom is 0.119 e. The fraction of sp³-hybridized carbons (Fsp3) is 0.294. The van der Waals surface area contributed by atoms with Crippen molar-refractivity contribution in [3.05, 3.63) is 65.7 Å². The van der Waals surface area contributed by atoms with Gasteiger partial charge in [-0.3, -0.25) is 0 Å². The molecule has 106 valence electrons. The van der Waals surface area contributed by atoms with Crippen molar-refractivity contribution in [1.82, 2.24) is 5.32 Å². The van der Waals surface area contributed by atoms with Crippen LogP contribution in [0.3, 0.4) is 0 Å². The molecule has 0 fully saturated rings. The monoisotopic (exact) mass is 271 g/mol. The van der Waals surface area contributed by atoms with Gasteiger partial charge in [-0.15, -0.1) is 0 Å². The van der Waals surface area contributed by atoms with Crippen LogP contribution in [0.1, 0.15) is 11.1 Å². The number of ether oxygens (including phenoxy) is 2. The second-order valence-corrected chi connectivity index (χ2v) is 4.54. The lowest BCUT2D eigenvalue weighted by atomic mass is 10.1. The molecular weight excluding hydrogens is 250 g/mol. The van der Waals surface area contributed by atoms with Gasteiger partial charge in [0, 0.05) is 20.2 Å². The van der Waals surface area contributed by atoms with Crippen LogP contribution in [0.2, 0.25) is 0 Å². The molecular formula is C17H21NO2. The van der Waals surface area contributed by atoms with Crippen LogP contribution in [0.5, 0.6) is 5.75 Å². The summed E-state index contributed by atoms with van der Waals surface area (Å²) in [5, 5.41) is 3.39. The van der Waals surface area contributed by atoms with Crippen LogP contribution >= 0.6 is 0 Å². The van der Waals surface area contributed by atoms with Gasteiger partial charge in [0.1, 0.15) is 12.4 Å². The van der Waals surface area contributed by atoms with Crippen LogP contribution in [0.25, 0.3) is 0 Å². The first kappa shape index (κ1) is 14.6.